The third kappa shape index (κ3) is 1.41. The summed E-state index contributed by atoms with van der Waals surface area (Å²) in [7, 11) is 0. The zero-order valence-electron chi connectivity index (χ0n) is 5.99. The molecule has 2 heteroatoms. The van der Waals surface area contributed by atoms with E-state index in [1.54, 1.807) is 0 Å². The average Bonchev–Trinajstić information content (AvgIpc) is 2.04. The van der Waals surface area contributed by atoms with Gasteiger partial charge in [0, 0.05) is 0 Å². The van der Waals surface area contributed by atoms with Crippen molar-refractivity contribution < 1.29 is 0 Å². The number of benzene rings is 1. The molecule has 11 heavy (non-hydrogen) atoms. The van der Waals surface area contributed by atoms with Crippen LogP contribution in [0, 0.1) is 0 Å². The molecule has 2 aromatic rings. The number of para-hydroxylation sites is 1. The molecule has 0 amide bonds. The Morgan fingerprint density at radius 3 is 2.73 bits per heavy atom. The van der Waals surface area contributed by atoms with E-state index in [0.29, 0.717) is 0 Å². The van der Waals surface area contributed by atoms with Crippen molar-refractivity contribution in [3.63, 3.8) is 0 Å². The molecule has 0 atom stereocenters. The van der Waals surface area contributed by atoms with Crippen molar-refractivity contribution in [3.8, 4) is 0 Å². The second-order valence-corrected chi connectivity index (χ2v) is 4.12. The molecular weight excluding hydrogens is 237 g/mol. The van der Waals surface area contributed by atoms with Gasteiger partial charge in [-0.2, -0.15) is 0 Å². The molecule has 1 nitrogen and oxygen atoms in total. The molecule has 0 aliphatic carbocycles. The Morgan fingerprint density at radius 2 is 1.82 bits per heavy atom. The first-order valence-corrected chi connectivity index (χ1v) is 5.12. The second kappa shape index (κ2) is 2.86. The third-order valence-corrected chi connectivity index (χ3v) is 2.54. The van der Waals surface area contributed by atoms with E-state index in [9.17, 15) is 0 Å². The molecule has 2 radical (unpaired) electrons. The molecule has 0 aliphatic heterocycles. The van der Waals surface area contributed by atoms with Gasteiger partial charge in [0.25, 0.3) is 0 Å². The quantitative estimate of drug-likeness (QED) is 0.673. The van der Waals surface area contributed by atoms with E-state index in [4.69, 9.17) is 0 Å². The Labute approximate surface area is 80.0 Å². The van der Waals surface area contributed by atoms with Gasteiger partial charge in [-0.25, -0.2) is 0 Å². The van der Waals surface area contributed by atoms with E-state index in [-0.39, 0.29) is 0 Å². The van der Waals surface area contributed by atoms with Gasteiger partial charge in [0.1, 0.15) is 0 Å². The van der Waals surface area contributed by atoms with Crippen LogP contribution in [0.2, 0.25) is 0 Å². The number of hydrogen-bond acceptors (Lipinski definition) is 1. The number of fused-ring (bicyclic) bond motifs is 1. The second-order valence-electron chi connectivity index (χ2n) is 2.43. The molecule has 50 valence electrons. The first-order chi connectivity index (χ1) is 5.36. The van der Waals surface area contributed by atoms with E-state index in [1.165, 1.54) is 8.84 Å². The van der Waals surface area contributed by atoms with Crippen molar-refractivity contribution in [2.24, 2.45) is 0 Å². The Balaban J connectivity index is 2.83. The predicted octanol–water partition coefficient (Wildman–Crippen LogP) is 1.03. The summed E-state index contributed by atoms with van der Waals surface area (Å²) in [5, 5.41) is 1.23. The van der Waals surface area contributed by atoms with E-state index in [0.717, 1.165) is 29.9 Å². The normalized spacial score (nSPS) is 10.2. The van der Waals surface area contributed by atoms with Crippen molar-refractivity contribution in [1.29, 1.82) is 0 Å². The van der Waals surface area contributed by atoms with Crippen LogP contribution in [0.5, 0.6) is 0 Å². The van der Waals surface area contributed by atoms with Crippen LogP contribution >= 0.6 is 0 Å². The van der Waals surface area contributed by atoms with Crippen molar-refractivity contribution in [1.82, 2.24) is 4.98 Å². The maximum atomic E-state index is 4.43. The van der Waals surface area contributed by atoms with Gasteiger partial charge in [0.15, 0.2) is 0 Å². The maximum absolute atomic E-state index is 4.43. The fourth-order valence-electron chi connectivity index (χ4n) is 1.08. The predicted molar refractivity (Wildman–Crippen MR) is 47.1 cm³/mol. The van der Waals surface area contributed by atoms with Crippen molar-refractivity contribution in [3.05, 3.63) is 36.4 Å². The third-order valence-electron chi connectivity index (χ3n) is 1.62. The molecule has 0 spiro atoms. The molecule has 1 aromatic heterocycles. The number of rotatable bonds is 0. The summed E-state index contributed by atoms with van der Waals surface area (Å²) < 4.78 is 1.20. The Bertz CT molecular complexity index is 384. The molecule has 1 heterocycles. The number of pyridine rings is 1. The summed E-state index contributed by atoms with van der Waals surface area (Å²) in [6.07, 6.45) is 0. The van der Waals surface area contributed by atoms with Gasteiger partial charge >= 0.3 is 80.1 Å². The summed E-state index contributed by atoms with van der Waals surface area (Å²) in [6, 6.07) is 12.4. The van der Waals surface area contributed by atoms with Crippen LogP contribution in [0.1, 0.15) is 0 Å². The zero-order valence-corrected chi connectivity index (χ0v) is 9.28. The van der Waals surface area contributed by atoms with Crippen LogP contribution in [-0.2, 0) is 0 Å². The summed E-state index contributed by atoms with van der Waals surface area (Å²) in [5.74, 6) is 0. The van der Waals surface area contributed by atoms with Crippen molar-refractivity contribution in [2.75, 3.05) is 0 Å². The molecule has 0 saturated heterocycles. The van der Waals surface area contributed by atoms with Crippen LogP contribution in [0.4, 0.5) is 0 Å². The fourth-order valence-corrected chi connectivity index (χ4v) is 1.75. The van der Waals surface area contributed by atoms with E-state index >= 15 is 0 Å². The Kier molecular flexibility index (Phi) is 1.86. The fraction of sp³-hybridized carbons (Fsp3) is 0. The van der Waals surface area contributed by atoms with Crippen molar-refractivity contribution in [2.45, 2.75) is 0 Å². The molecular formula is C9H6InN. The molecule has 0 saturated carbocycles. The first-order valence-electron chi connectivity index (χ1n) is 3.47. The van der Waals surface area contributed by atoms with E-state index < -0.39 is 0 Å². The van der Waals surface area contributed by atoms with Gasteiger partial charge in [-0.3, -0.25) is 0 Å². The van der Waals surface area contributed by atoms with E-state index in [2.05, 4.69) is 29.2 Å². The number of hydrogen-bond donors (Lipinski definition) is 0. The first kappa shape index (κ1) is 7.17. The summed E-state index contributed by atoms with van der Waals surface area (Å²) in [6.45, 7) is 0. The number of nitrogens with zero attached hydrogens (tertiary/aromatic N) is 1. The standard InChI is InChI=1S/C9H6N.In/c1-2-6-9-8(4-1)5-3-7-10-9;/h1-6H;. The van der Waals surface area contributed by atoms with Crippen LogP contribution in [0.25, 0.3) is 10.9 Å². The van der Waals surface area contributed by atoms with Crippen LogP contribution in [0.3, 0.4) is 0 Å². The van der Waals surface area contributed by atoms with Crippen molar-refractivity contribution >= 4 is 38.7 Å². The minimum absolute atomic E-state index is 1.09. The Morgan fingerprint density at radius 1 is 1.00 bits per heavy atom. The molecule has 0 fully saturated rings. The summed E-state index contributed by atoms with van der Waals surface area (Å²) in [4.78, 5) is 4.43. The van der Waals surface area contributed by atoms with Gasteiger partial charge in [-0.05, 0) is 0 Å². The molecule has 0 unspecified atom stereocenters. The number of aromatic nitrogens is 1. The van der Waals surface area contributed by atoms with Crippen LogP contribution in [0.15, 0.2) is 36.4 Å². The molecule has 0 bridgehead atoms. The molecule has 1 aromatic carbocycles. The minimum atomic E-state index is 1.09. The molecule has 0 N–H and O–H groups in total. The van der Waals surface area contributed by atoms with E-state index in [1.807, 2.05) is 12.1 Å². The van der Waals surface area contributed by atoms with Gasteiger partial charge < -0.3 is 0 Å². The summed E-state index contributed by atoms with van der Waals surface area (Å²) >= 11 is 1.09. The zero-order chi connectivity index (χ0) is 7.68. The average molecular weight is 243 g/mol. The van der Waals surface area contributed by atoms with Crippen LogP contribution in [-0.4, -0.2) is 29.4 Å². The van der Waals surface area contributed by atoms with Gasteiger partial charge in [-0.15, -0.1) is 0 Å². The Hall–Kier alpha value is -0.500. The SMILES string of the molecule is [In][c]1ccc2ccccc2n1. The topological polar surface area (TPSA) is 12.9 Å². The van der Waals surface area contributed by atoms with Crippen LogP contribution < -0.4 is 3.45 Å². The van der Waals surface area contributed by atoms with Gasteiger partial charge in [0.2, 0.25) is 0 Å². The van der Waals surface area contributed by atoms with Gasteiger partial charge in [-0.1, -0.05) is 0 Å². The molecule has 0 aliphatic rings. The summed E-state index contributed by atoms with van der Waals surface area (Å²) in [5.41, 5.74) is 1.11. The van der Waals surface area contributed by atoms with Gasteiger partial charge in [0.05, 0.1) is 0 Å². The molecule has 2 rings (SSSR count). The monoisotopic (exact) mass is 243 g/mol.